The number of aryl methyl sites for hydroxylation is 2. The molecule has 5 heteroatoms. The van der Waals surface area contributed by atoms with Gasteiger partial charge in [0.25, 0.3) is 0 Å². The van der Waals surface area contributed by atoms with E-state index in [0.29, 0.717) is 38.3 Å². The van der Waals surface area contributed by atoms with Gasteiger partial charge in [-0.1, -0.05) is 30.3 Å². The third-order valence-electron chi connectivity index (χ3n) is 5.06. The molecular formula is C23H28FNO3. The molecular weight excluding hydrogens is 357 g/mol. The highest BCUT2D eigenvalue weighted by Gasteiger charge is 2.26. The molecule has 0 saturated carbocycles. The van der Waals surface area contributed by atoms with Gasteiger partial charge in [-0.15, -0.1) is 0 Å². The van der Waals surface area contributed by atoms with Gasteiger partial charge in [0, 0.05) is 18.5 Å². The van der Waals surface area contributed by atoms with Crippen LogP contribution in [-0.2, 0) is 9.53 Å². The number of unbranched alkanes of at least 4 members (excludes halogenated alkanes) is 1. The minimum Gasteiger partial charge on any atom is -0.493 e. The molecule has 2 aromatic rings. The molecule has 0 aromatic heterocycles. The van der Waals surface area contributed by atoms with E-state index in [4.69, 9.17) is 9.47 Å². The van der Waals surface area contributed by atoms with Gasteiger partial charge >= 0.3 is 0 Å². The predicted molar refractivity (Wildman–Crippen MR) is 107 cm³/mol. The van der Waals surface area contributed by atoms with Gasteiger partial charge < -0.3 is 14.4 Å². The molecule has 1 heterocycles. The largest absolute Gasteiger partial charge is 0.493 e. The highest BCUT2D eigenvalue weighted by atomic mass is 19.1. The van der Waals surface area contributed by atoms with Gasteiger partial charge in [0.05, 0.1) is 19.8 Å². The third kappa shape index (κ3) is 5.32. The van der Waals surface area contributed by atoms with Crippen LogP contribution < -0.4 is 4.74 Å². The zero-order valence-electron chi connectivity index (χ0n) is 16.6. The first kappa shape index (κ1) is 20.3. The van der Waals surface area contributed by atoms with Crippen molar-refractivity contribution in [2.45, 2.75) is 39.2 Å². The van der Waals surface area contributed by atoms with E-state index < -0.39 is 6.10 Å². The molecule has 0 aliphatic carbocycles. The van der Waals surface area contributed by atoms with Gasteiger partial charge in [-0.3, -0.25) is 4.79 Å². The second kappa shape index (κ2) is 9.69. The number of nitrogens with zero attached hydrogens (tertiary/aromatic N) is 1. The summed E-state index contributed by atoms with van der Waals surface area (Å²) in [5.41, 5.74) is 2.81. The smallest absolute Gasteiger partial charge is 0.222 e. The summed E-state index contributed by atoms with van der Waals surface area (Å²) in [6.07, 6.45) is 1.66. The minimum absolute atomic E-state index is 0.0939. The Hall–Kier alpha value is -2.40. The Kier molecular flexibility index (Phi) is 7.04. The third-order valence-corrected chi connectivity index (χ3v) is 5.06. The van der Waals surface area contributed by atoms with Crippen LogP contribution in [0, 0.1) is 19.7 Å². The Morgan fingerprint density at radius 3 is 2.86 bits per heavy atom. The number of halogens is 1. The first-order valence-electron chi connectivity index (χ1n) is 9.88. The molecule has 0 radical (unpaired) electrons. The Bertz CT molecular complexity index is 808. The van der Waals surface area contributed by atoms with Crippen molar-refractivity contribution < 1.29 is 18.7 Å². The van der Waals surface area contributed by atoms with Crippen molar-refractivity contribution in [2.75, 3.05) is 26.3 Å². The predicted octanol–water partition coefficient (Wildman–Crippen LogP) is 4.59. The first-order chi connectivity index (χ1) is 13.5. The zero-order valence-corrected chi connectivity index (χ0v) is 16.6. The summed E-state index contributed by atoms with van der Waals surface area (Å²) in [7, 11) is 0. The average Bonchev–Trinajstić information content (AvgIpc) is 2.70. The number of rotatable bonds is 7. The van der Waals surface area contributed by atoms with Crippen molar-refractivity contribution in [1.29, 1.82) is 0 Å². The normalized spacial score (nSPS) is 16.8. The molecule has 3 rings (SSSR count). The molecule has 150 valence electrons. The maximum absolute atomic E-state index is 14.0. The molecule has 1 amide bonds. The molecule has 1 saturated heterocycles. The number of carbonyl (C=O) groups is 1. The Morgan fingerprint density at radius 2 is 2.04 bits per heavy atom. The first-order valence-corrected chi connectivity index (χ1v) is 9.88. The van der Waals surface area contributed by atoms with Crippen molar-refractivity contribution in [3.05, 3.63) is 65.0 Å². The van der Waals surface area contributed by atoms with Crippen molar-refractivity contribution in [2.24, 2.45) is 0 Å². The number of carbonyl (C=O) groups excluding carboxylic acids is 1. The molecule has 28 heavy (non-hydrogen) atoms. The lowest BCUT2D eigenvalue weighted by molar-refractivity contribution is -0.139. The van der Waals surface area contributed by atoms with E-state index in [1.165, 1.54) is 11.6 Å². The monoisotopic (exact) mass is 385 g/mol. The summed E-state index contributed by atoms with van der Waals surface area (Å²) < 4.78 is 25.5. The molecule has 2 aromatic carbocycles. The lowest BCUT2D eigenvalue weighted by Crippen LogP contribution is -2.42. The van der Waals surface area contributed by atoms with Crippen LogP contribution in [0.3, 0.4) is 0 Å². The number of benzene rings is 2. The van der Waals surface area contributed by atoms with E-state index in [2.05, 4.69) is 12.1 Å². The molecule has 1 unspecified atom stereocenters. The Labute approximate surface area is 166 Å². The van der Waals surface area contributed by atoms with Crippen molar-refractivity contribution in [3.63, 3.8) is 0 Å². The fourth-order valence-electron chi connectivity index (χ4n) is 3.38. The maximum atomic E-state index is 14.0. The quantitative estimate of drug-likeness (QED) is 0.654. The van der Waals surface area contributed by atoms with E-state index in [1.54, 1.807) is 23.1 Å². The van der Waals surface area contributed by atoms with Crippen LogP contribution in [-0.4, -0.2) is 37.1 Å². The van der Waals surface area contributed by atoms with Gasteiger partial charge in [0.15, 0.2) is 0 Å². The number of ether oxygens (including phenoxy) is 2. The lowest BCUT2D eigenvalue weighted by atomic mass is 10.1. The average molecular weight is 385 g/mol. The van der Waals surface area contributed by atoms with E-state index in [0.717, 1.165) is 24.2 Å². The fraction of sp³-hybridized carbons (Fsp3) is 0.435. The highest BCUT2D eigenvalue weighted by Crippen LogP contribution is 2.25. The van der Waals surface area contributed by atoms with Gasteiger partial charge in [-0.25, -0.2) is 4.39 Å². The molecule has 0 bridgehead atoms. The van der Waals surface area contributed by atoms with Crippen molar-refractivity contribution in [3.8, 4) is 5.75 Å². The number of hydrogen-bond acceptors (Lipinski definition) is 3. The standard InChI is InChI=1S/C23H28FNO3/c1-17-10-11-18(2)21(15-17)27-13-6-5-9-23(26)25-12-14-28-22(16-25)19-7-3-4-8-20(19)24/h3-4,7-8,10-11,15,22H,5-6,9,12-14,16H2,1-2H3. The molecule has 0 spiro atoms. The summed E-state index contributed by atoms with van der Waals surface area (Å²) in [4.78, 5) is 14.3. The molecule has 1 aliphatic heterocycles. The van der Waals surface area contributed by atoms with Crippen LogP contribution in [0.25, 0.3) is 0 Å². The number of amides is 1. The Morgan fingerprint density at radius 1 is 1.21 bits per heavy atom. The summed E-state index contributed by atoms with van der Waals surface area (Å²) in [6.45, 7) is 6.06. The fourth-order valence-corrected chi connectivity index (χ4v) is 3.38. The Balaban J connectivity index is 1.42. The van der Waals surface area contributed by atoms with Crippen LogP contribution in [0.1, 0.15) is 42.1 Å². The minimum atomic E-state index is -0.397. The molecule has 0 N–H and O–H groups in total. The van der Waals surface area contributed by atoms with Crippen molar-refractivity contribution in [1.82, 2.24) is 4.90 Å². The van der Waals surface area contributed by atoms with Gasteiger partial charge in [-0.05, 0) is 49.9 Å². The van der Waals surface area contributed by atoms with E-state index >= 15 is 0 Å². The van der Waals surface area contributed by atoms with Gasteiger partial charge in [0.1, 0.15) is 17.7 Å². The molecule has 1 aliphatic rings. The summed E-state index contributed by atoms with van der Waals surface area (Å²) in [6, 6.07) is 12.8. The SMILES string of the molecule is Cc1ccc(C)c(OCCCCC(=O)N2CCOC(c3ccccc3F)C2)c1. The maximum Gasteiger partial charge on any atom is 0.222 e. The summed E-state index contributed by atoms with van der Waals surface area (Å²) in [5.74, 6) is 0.717. The van der Waals surface area contributed by atoms with E-state index in [9.17, 15) is 9.18 Å². The molecule has 1 fully saturated rings. The van der Waals surface area contributed by atoms with Crippen LogP contribution in [0.4, 0.5) is 4.39 Å². The number of hydrogen-bond donors (Lipinski definition) is 0. The zero-order chi connectivity index (χ0) is 19.9. The van der Waals surface area contributed by atoms with E-state index in [1.807, 2.05) is 19.9 Å². The highest BCUT2D eigenvalue weighted by molar-refractivity contribution is 5.76. The summed E-state index contributed by atoms with van der Waals surface area (Å²) >= 11 is 0. The van der Waals surface area contributed by atoms with Crippen LogP contribution in [0.5, 0.6) is 5.75 Å². The van der Waals surface area contributed by atoms with Crippen LogP contribution >= 0.6 is 0 Å². The lowest BCUT2D eigenvalue weighted by Gasteiger charge is -2.33. The van der Waals surface area contributed by atoms with Gasteiger partial charge in [-0.2, -0.15) is 0 Å². The second-order valence-electron chi connectivity index (χ2n) is 7.30. The molecule has 4 nitrogen and oxygen atoms in total. The number of morpholine rings is 1. The topological polar surface area (TPSA) is 38.8 Å². The summed E-state index contributed by atoms with van der Waals surface area (Å²) in [5, 5.41) is 0. The van der Waals surface area contributed by atoms with Gasteiger partial charge in [0.2, 0.25) is 5.91 Å². The van der Waals surface area contributed by atoms with Crippen LogP contribution in [0.15, 0.2) is 42.5 Å². The van der Waals surface area contributed by atoms with E-state index in [-0.39, 0.29) is 11.7 Å². The molecule has 1 atom stereocenters. The van der Waals surface area contributed by atoms with Crippen LogP contribution in [0.2, 0.25) is 0 Å². The van der Waals surface area contributed by atoms with Crippen molar-refractivity contribution >= 4 is 5.91 Å². The second-order valence-corrected chi connectivity index (χ2v) is 7.30.